The van der Waals surface area contributed by atoms with Gasteiger partial charge in [0.1, 0.15) is 5.82 Å². The molecule has 2 aromatic carbocycles. The number of carbonyl (C=O) groups is 2. The van der Waals surface area contributed by atoms with E-state index in [1.807, 2.05) is 37.3 Å². The van der Waals surface area contributed by atoms with Gasteiger partial charge in [-0.05, 0) is 78.7 Å². The molecule has 7 atom stereocenters. The van der Waals surface area contributed by atoms with Gasteiger partial charge < -0.3 is 15.7 Å². The lowest BCUT2D eigenvalue weighted by atomic mass is 9.51. The summed E-state index contributed by atoms with van der Waals surface area (Å²) in [6, 6.07) is 15.3. The Labute approximate surface area is 207 Å². The SMILES string of the molecule is CC(C(=O)NCc1ccc(F)cc1)C1CCC2(C)CCC(NC(=O)c3ccccc3)C(C)C2C1O. The molecule has 3 N–H and O–H groups in total. The summed E-state index contributed by atoms with van der Waals surface area (Å²) in [5.74, 6) is -0.881. The largest absolute Gasteiger partial charge is 0.392 e. The summed E-state index contributed by atoms with van der Waals surface area (Å²) in [4.78, 5) is 25.8. The Hall–Kier alpha value is -2.73. The average Bonchev–Trinajstić information content (AvgIpc) is 2.85. The second kappa shape index (κ2) is 10.5. The van der Waals surface area contributed by atoms with Crippen molar-refractivity contribution in [1.82, 2.24) is 10.6 Å². The van der Waals surface area contributed by atoms with E-state index in [9.17, 15) is 19.1 Å². The number of carbonyl (C=O) groups excluding carboxylic acids is 2. The number of nitrogens with one attached hydrogen (secondary N) is 2. The van der Waals surface area contributed by atoms with Crippen molar-refractivity contribution in [2.75, 3.05) is 0 Å². The maximum Gasteiger partial charge on any atom is 0.251 e. The molecule has 7 unspecified atom stereocenters. The Kier molecular flexibility index (Phi) is 7.60. The molecule has 188 valence electrons. The van der Waals surface area contributed by atoms with E-state index in [0.29, 0.717) is 12.1 Å². The average molecular weight is 481 g/mol. The predicted octanol–water partition coefficient (Wildman–Crippen LogP) is 4.70. The van der Waals surface area contributed by atoms with E-state index in [2.05, 4.69) is 24.5 Å². The van der Waals surface area contributed by atoms with Gasteiger partial charge in [0, 0.05) is 24.1 Å². The summed E-state index contributed by atoms with van der Waals surface area (Å²) in [7, 11) is 0. The fourth-order valence-electron chi connectivity index (χ4n) is 6.49. The number of amides is 2. The molecular weight excluding hydrogens is 443 g/mol. The van der Waals surface area contributed by atoms with Gasteiger partial charge in [0.25, 0.3) is 5.91 Å². The van der Waals surface area contributed by atoms with Crippen molar-refractivity contribution >= 4 is 11.8 Å². The first kappa shape index (κ1) is 25.4. The van der Waals surface area contributed by atoms with Crippen molar-refractivity contribution in [3.8, 4) is 0 Å². The second-order valence-electron chi connectivity index (χ2n) is 10.8. The fourth-order valence-corrected chi connectivity index (χ4v) is 6.49. The van der Waals surface area contributed by atoms with Crippen molar-refractivity contribution in [2.24, 2.45) is 29.1 Å². The van der Waals surface area contributed by atoms with Crippen molar-refractivity contribution in [1.29, 1.82) is 0 Å². The van der Waals surface area contributed by atoms with Crippen LogP contribution in [0.1, 0.15) is 62.4 Å². The standard InChI is InChI=1S/C29H37FN2O3/c1-18(27(34)31-17-20-9-11-22(30)12-10-20)23-13-15-29(3)16-14-24(19(2)25(29)26(23)33)32-28(35)21-7-5-4-6-8-21/h4-12,18-19,23-26,33H,13-17H2,1-3H3,(H,31,34)(H,32,35). The van der Waals surface area contributed by atoms with Crippen LogP contribution >= 0.6 is 0 Å². The van der Waals surface area contributed by atoms with Crippen LogP contribution in [-0.4, -0.2) is 29.1 Å². The lowest BCUT2D eigenvalue weighted by Gasteiger charge is -2.56. The van der Waals surface area contributed by atoms with E-state index in [0.717, 1.165) is 31.2 Å². The number of halogens is 1. The van der Waals surface area contributed by atoms with Gasteiger partial charge in [-0.3, -0.25) is 9.59 Å². The first-order valence-electron chi connectivity index (χ1n) is 12.8. The fraction of sp³-hybridized carbons (Fsp3) is 0.517. The number of aliphatic hydroxyl groups excluding tert-OH is 1. The molecule has 0 heterocycles. The van der Waals surface area contributed by atoms with E-state index in [1.165, 1.54) is 12.1 Å². The third-order valence-corrected chi connectivity index (χ3v) is 8.68. The highest BCUT2D eigenvalue weighted by Crippen LogP contribution is 2.55. The zero-order valence-electron chi connectivity index (χ0n) is 20.8. The normalized spacial score (nSPS) is 31.2. The van der Waals surface area contributed by atoms with Crippen LogP contribution < -0.4 is 10.6 Å². The van der Waals surface area contributed by atoms with E-state index in [4.69, 9.17) is 0 Å². The van der Waals surface area contributed by atoms with Gasteiger partial charge in [-0.2, -0.15) is 0 Å². The molecule has 5 nitrogen and oxygen atoms in total. The molecule has 0 radical (unpaired) electrons. The van der Waals surface area contributed by atoms with Crippen LogP contribution in [0.25, 0.3) is 0 Å². The Morgan fingerprint density at radius 3 is 2.43 bits per heavy atom. The molecule has 2 fully saturated rings. The van der Waals surface area contributed by atoms with Crippen molar-refractivity contribution in [3.63, 3.8) is 0 Å². The molecule has 2 aliphatic carbocycles. The lowest BCUT2D eigenvalue weighted by Crippen LogP contribution is -2.58. The van der Waals surface area contributed by atoms with Gasteiger partial charge in [0.05, 0.1) is 6.10 Å². The van der Waals surface area contributed by atoms with Gasteiger partial charge in [0.2, 0.25) is 5.91 Å². The minimum Gasteiger partial charge on any atom is -0.392 e. The van der Waals surface area contributed by atoms with Crippen molar-refractivity contribution in [3.05, 3.63) is 71.5 Å². The highest BCUT2D eigenvalue weighted by molar-refractivity contribution is 5.94. The predicted molar refractivity (Wildman–Crippen MR) is 134 cm³/mol. The van der Waals surface area contributed by atoms with Crippen molar-refractivity contribution < 1.29 is 19.1 Å². The Balaban J connectivity index is 1.41. The molecule has 2 aliphatic rings. The zero-order chi connectivity index (χ0) is 25.2. The molecule has 4 rings (SSSR count). The van der Waals surface area contributed by atoms with Crippen LogP contribution in [0.3, 0.4) is 0 Å². The third kappa shape index (κ3) is 5.43. The van der Waals surface area contributed by atoms with Crippen LogP contribution in [0.2, 0.25) is 0 Å². The number of hydrogen-bond acceptors (Lipinski definition) is 3. The molecule has 2 amide bonds. The second-order valence-corrected chi connectivity index (χ2v) is 10.8. The van der Waals surface area contributed by atoms with Crippen LogP contribution in [0, 0.1) is 34.9 Å². The van der Waals surface area contributed by atoms with Gasteiger partial charge in [-0.15, -0.1) is 0 Å². The molecule has 0 aromatic heterocycles. The molecule has 2 saturated carbocycles. The van der Waals surface area contributed by atoms with E-state index in [1.54, 1.807) is 12.1 Å². The number of fused-ring (bicyclic) bond motifs is 1. The summed E-state index contributed by atoms with van der Waals surface area (Å²) in [5.41, 5.74) is 1.47. The third-order valence-electron chi connectivity index (χ3n) is 8.68. The smallest absolute Gasteiger partial charge is 0.251 e. The van der Waals surface area contributed by atoms with E-state index >= 15 is 0 Å². The van der Waals surface area contributed by atoms with Crippen LogP contribution in [-0.2, 0) is 11.3 Å². The van der Waals surface area contributed by atoms with Gasteiger partial charge >= 0.3 is 0 Å². The Morgan fingerprint density at radius 2 is 1.74 bits per heavy atom. The summed E-state index contributed by atoms with van der Waals surface area (Å²) in [6.45, 7) is 6.60. The quantitative estimate of drug-likeness (QED) is 0.561. The van der Waals surface area contributed by atoms with Gasteiger partial charge in [-0.1, -0.05) is 51.1 Å². The lowest BCUT2D eigenvalue weighted by molar-refractivity contribution is -0.142. The first-order chi connectivity index (χ1) is 16.7. The van der Waals surface area contributed by atoms with Crippen LogP contribution in [0.15, 0.2) is 54.6 Å². The summed E-state index contributed by atoms with van der Waals surface area (Å²) < 4.78 is 13.1. The van der Waals surface area contributed by atoms with Gasteiger partial charge in [-0.25, -0.2) is 4.39 Å². The molecule has 0 spiro atoms. The topological polar surface area (TPSA) is 78.4 Å². The number of rotatable bonds is 6. The summed E-state index contributed by atoms with van der Waals surface area (Å²) in [6.07, 6.45) is 2.96. The molecule has 2 aromatic rings. The highest BCUT2D eigenvalue weighted by Gasteiger charge is 2.53. The highest BCUT2D eigenvalue weighted by atomic mass is 19.1. The first-order valence-corrected chi connectivity index (χ1v) is 12.8. The maximum absolute atomic E-state index is 13.1. The summed E-state index contributed by atoms with van der Waals surface area (Å²) in [5, 5.41) is 17.7. The molecule has 6 heteroatoms. The maximum atomic E-state index is 13.1. The van der Waals surface area contributed by atoms with E-state index in [-0.39, 0.29) is 52.8 Å². The molecule has 0 saturated heterocycles. The van der Waals surface area contributed by atoms with Crippen LogP contribution in [0.5, 0.6) is 0 Å². The monoisotopic (exact) mass is 480 g/mol. The zero-order valence-corrected chi connectivity index (χ0v) is 20.8. The van der Waals surface area contributed by atoms with Crippen LogP contribution in [0.4, 0.5) is 4.39 Å². The number of benzene rings is 2. The van der Waals surface area contributed by atoms with Crippen molar-refractivity contribution in [2.45, 2.75) is 65.1 Å². The summed E-state index contributed by atoms with van der Waals surface area (Å²) >= 11 is 0. The number of aliphatic hydroxyl groups is 1. The molecule has 0 bridgehead atoms. The Bertz CT molecular complexity index is 1030. The van der Waals surface area contributed by atoms with Gasteiger partial charge in [0.15, 0.2) is 0 Å². The molecule has 35 heavy (non-hydrogen) atoms. The molecule has 0 aliphatic heterocycles. The minimum atomic E-state index is -0.619. The minimum absolute atomic E-state index is 0.00317. The van der Waals surface area contributed by atoms with E-state index < -0.39 is 6.10 Å². The molecular formula is C29H37FN2O3. The Morgan fingerprint density at radius 1 is 1.09 bits per heavy atom. The number of hydrogen-bond donors (Lipinski definition) is 3.